The van der Waals surface area contributed by atoms with Crippen LogP contribution in [0.3, 0.4) is 0 Å². The molecule has 8 aromatic rings. The highest BCUT2D eigenvalue weighted by molar-refractivity contribution is 7.16. The number of amides is 4. The number of ether oxygens (including phenoxy) is 6. The number of benzodiazepines with no additional fused rings is 2. The van der Waals surface area contributed by atoms with Crippen molar-refractivity contribution in [1.29, 1.82) is 0 Å². The van der Waals surface area contributed by atoms with Crippen LogP contribution in [0.15, 0.2) is 166 Å². The number of rotatable bonds is 24. The van der Waals surface area contributed by atoms with Gasteiger partial charge in [-0.2, -0.15) is 0 Å². The summed E-state index contributed by atoms with van der Waals surface area (Å²) in [6.07, 6.45) is 17.0. The summed E-state index contributed by atoms with van der Waals surface area (Å²) >= 11 is 2.79. The van der Waals surface area contributed by atoms with Crippen molar-refractivity contribution in [2.75, 3.05) is 102 Å². The number of carbonyl (C=O) groups is 6. The van der Waals surface area contributed by atoms with Gasteiger partial charge in [0.15, 0.2) is 52.8 Å². The van der Waals surface area contributed by atoms with Gasteiger partial charge in [0.05, 0.1) is 65.1 Å². The van der Waals surface area contributed by atoms with Crippen LogP contribution < -0.4 is 19.6 Å². The molecule has 0 saturated carbocycles. The van der Waals surface area contributed by atoms with Crippen LogP contribution in [-0.4, -0.2) is 165 Å². The monoisotopic (exact) mass is 1520 g/mol. The number of thiophene rings is 2. The summed E-state index contributed by atoms with van der Waals surface area (Å²) in [5, 5.41) is 0. The Morgan fingerprint density at radius 2 is 0.764 bits per heavy atom. The minimum Gasteiger partial charge on any atom is -0.436 e. The fraction of sp³-hybridized carbons (Fsp3) is 0.262. The molecule has 0 fully saturated rings. The van der Waals surface area contributed by atoms with E-state index in [0.717, 1.165) is 65.5 Å². The smallest absolute Gasteiger partial charge is 0.342 e. The fourth-order valence-electron chi connectivity index (χ4n) is 12.1. The molecule has 0 radical (unpaired) electrons. The van der Waals surface area contributed by atoms with Crippen LogP contribution in [0.5, 0.6) is 0 Å². The van der Waals surface area contributed by atoms with E-state index in [1.165, 1.54) is 37.4 Å². The first-order valence-electron chi connectivity index (χ1n) is 33.9. The second-order valence-electron chi connectivity index (χ2n) is 24.8. The minimum atomic E-state index is -1.51. The van der Waals surface area contributed by atoms with E-state index >= 15 is 0 Å². The molecule has 4 amide bonds. The standard InChI is InChI=1S/C43H38N4O8.C40H36N4O8S2.CH4/c1-7-29-17-19-36-33(21-29)38(31-15-11-9-13-27(31)3)44-35(41(48)46(36)5)23-54-55-26-52-24-51-25-53-43(50)40-42(49)47(6)37-20-18-30(8-2)22-34(37)39(45-40)32-16-12-10-14-28(32)4;1-7-13-27-19-32-36(54-27)33(28-16-11-9-14-24(28)3)41-30(38(45)43(32)5)20-51-52-23-49-21-48-22-50-40(47)35-39(46)44(6)31-18-26(8-2)53-37(31)34(42-35)29-17-12-10-15-25(29)4;/h1-2,9-22,35,40H,23-26H2,3-6H3;2,9-12,14-19,30,35H,20-23H2,1,3-6H3;1H4. The predicted molar refractivity (Wildman–Crippen MR) is 420 cm³/mol. The van der Waals surface area contributed by atoms with Crippen LogP contribution in [0.2, 0.25) is 0 Å². The molecule has 6 aromatic carbocycles. The Morgan fingerprint density at radius 3 is 1.19 bits per heavy atom. The highest BCUT2D eigenvalue weighted by atomic mass is 32.1. The largest absolute Gasteiger partial charge is 0.436 e. The number of nitrogens with zero attached hydrogens (tertiary/aromatic N) is 8. The van der Waals surface area contributed by atoms with Crippen LogP contribution in [-0.2, 0) is 76.7 Å². The van der Waals surface area contributed by atoms with Crippen molar-refractivity contribution in [3.8, 4) is 48.9 Å². The summed E-state index contributed by atoms with van der Waals surface area (Å²) in [7, 11) is 6.49. The lowest BCUT2D eigenvalue weighted by Gasteiger charge is -2.20. The maximum Gasteiger partial charge on any atom is 0.342 e. The molecular weight excluding hydrogens is 1440 g/mol. The quantitative estimate of drug-likeness (QED) is 0.0104. The first-order chi connectivity index (χ1) is 52.7. The summed E-state index contributed by atoms with van der Waals surface area (Å²) in [4.78, 5) is 129. The lowest BCUT2D eigenvalue weighted by Crippen LogP contribution is -2.40. The number of terminal acetylenes is 3. The Labute approximate surface area is 645 Å². The summed E-state index contributed by atoms with van der Waals surface area (Å²) in [6, 6.07) is 40.1. The number of fused-ring (bicyclic) bond motifs is 4. The molecule has 4 atom stereocenters. The number of likely N-dealkylation sites (N-methyl/N-ethyl adjacent to an activating group) is 4. The number of hydrogen-bond donors (Lipinski definition) is 0. The summed E-state index contributed by atoms with van der Waals surface area (Å²) in [5.74, 6) is 10.4. The molecule has 0 aliphatic carbocycles. The Balaban J connectivity index is 0.000000232. The number of aliphatic imine (C=N–C) groups is 4. The molecule has 0 saturated heterocycles. The first-order valence-corrected chi connectivity index (χ1v) is 35.6. The molecule has 4 aliphatic heterocycles. The Hall–Kier alpha value is -11.9. The average molecular weight is 1520 g/mol. The van der Waals surface area contributed by atoms with E-state index in [9.17, 15) is 28.8 Å². The van der Waals surface area contributed by atoms with E-state index in [1.54, 1.807) is 76.4 Å². The third kappa shape index (κ3) is 18.1. The maximum absolute atomic E-state index is 13.5. The van der Waals surface area contributed by atoms with Crippen LogP contribution in [0.4, 0.5) is 22.7 Å². The van der Waals surface area contributed by atoms with E-state index < -0.39 is 61.5 Å². The molecule has 0 spiro atoms. The van der Waals surface area contributed by atoms with Crippen molar-refractivity contribution in [3.05, 3.63) is 232 Å². The van der Waals surface area contributed by atoms with Crippen LogP contribution in [0, 0.1) is 76.6 Å². The van der Waals surface area contributed by atoms with E-state index in [2.05, 4.69) is 39.6 Å². The number of carbonyl (C=O) groups excluding carboxylic acids is 6. The van der Waals surface area contributed by atoms with Gasteiger partial charge in [0.2, 0.25) is 12.1 Å². The van der Waals surface area contributed by atoms with E-state index in [0.29, 0.717) is 66.4 Å². The molecule has 4 unspecified atom stereocenters. The third-order valence-electron chi connectivity index (χ3n) is 17.8. The topological polar surface area (TPSA) is 257 Å². The number of hydrogen-bond acceptors (Lipinski definition) is 22. The SMILES string of the molecule is C.C#Cc1cc2c(s1)C(c1ccccc1C)=NC(C(=O)OCOCOCOOCC1N=C(c3ccccc3C)c3sc(C#CC)cc3N(C)C1=O)C(=O)N2C.C#Cc1ccc2c(c1)C(c1ccccc1C)=NC(COOCOCOCOC(=O)C1N=C(c3ccccc3C)c3cc(C#C)ccc3N(C)C1=O)C(=O)N2C. The van der Waals surface area contributed by atoms with Gasteiger partial charge in [0.1, 0.15) is 13.2 Å². The Morgan fingerprint density at radius 1 is 0.409 bits per heavy atom. The lowest BCUT2D eigenvalue weighted by atomic mass is 9.95. The zero-order valence-electron chi connectivity index (χ0n) is 61.0. The highest BCUT2D eigenvalue weighted by Gasteiger charge is 2.40. The van der Waals surface area contributed by atoms with Gasteiger partial charge in [-0.25, -0.2) is 29.1 Å². The van der Waals surface area contributed by atoms with Gasteiger partial charge in [0.25, 0.3) is 23.6 Å². The van der Waals surface area contributed by atoms with Crippen LogP contribution in [0.1, 0.15) is 101 Å². The molecule has 4 aliphatic rings. The second kappa shape index (κ2) is 37.3. The van der Waals surface area contributed by atoms with Gasteiger partial charge in [-0.15, -0.1) is 47.9 Å². The van der Waals surface area contributed by atoms with Crippen molar-refractivity contribution in [1.82, 2.24) is 0 Å². The Bertz CT molecular complexity index is 5180. The summed E-state index contributed by atoms with van der Waals surface area (Å²) in [6.45, 7) is 6.72. The molecule has 0 bridgehead atoms. The molecule has 6 heterocycles. The van der Waals surface area contributed by atoms with E-state index in [-0.39, 0.29) is 59.6 Å². The highest BCUT2D eigenvalue weighted by Crippen LogP contribution is 2.39. The molecule has 2 aromatic heterocycles. The van der Waals surface area contributed by atoms with Crippen molar-refractivity contribution < 1.29 is 76.7 Å². The lowest BCUT2D eigenvalue weighted by molar-refractivity contribution is -0.346. The van der Waals surface area contributed by atoms with Crippen molar-refractivity contribution in [2.45, 2.75) is 66.2 Å². The fourth-order valence-corrected chi connectivity index (χ4v) is 14.2. The van der Waals surface area contributed by atoms with Gasteiger partial charge < -0.3 is 48.0 Å². The van der Waals surface area contributed by atoms with Crippen molar-refractivity contribution >= 4 is 104 Å². The minimum absolute atomic E-state index is 0. The van der Waals surface area contributed by atoms with Gasteiger partial charge in [0, 0.05) is 72.7 Å². The Kier molecular flexibility index (Phi) is 27.4. The molecule has 0 N–H and O–H groups in total. The molecule has 24 nitrogen and oxygen atoms in total. The summed E-state index contributed by atoms with van der Waals surface area (Å²) < 4.78 is 31.7. The van der Waals surface area contributed by atoms with Crippen molar-refractivity contribution in [2.24, 2.45) is 20.0 Å². The normalized spacial score (nSPS) is 16.4. The van der Waals surface area contributed by atoms with Gasteiger partial charge in [-0.05, 0) is 105 Å². The molecular formula is C84H78N8O16S2. The van der Waals surface area contributed by atoms with Crippen molar-refractivity contribution in [3.63, 3.8) is 0 Å². The zero-order valence-corrected chi connectivity index (χ0v) is 62.6. The molecule has 110 heavy (non-hydrogen) atoms. The number of benzene rings is 6. The van der Waals surface area contributed by atoms with E-state index in [1.807, 2.05) is 137 Å². The van der Waals surface area contributed by atoms with Crippen LogP contribution >= 0.6 is 22.7 Å². The molecule has 26 heteroatoms. The van der Waals surface area contributed by atoms with Crippen LogP contribution in [0.25, 0.3) is 0 Å². The molecule has 12 rings (SSSR count). The summed E-state index contributed by atoms with van der Waals surface area (Å²) in [5.41, 5.74) is 14.3. The average Bonchev–Trinajstić information content (AvgIpc) is 1.63. The van der Waals surface area contributed by atoms with Gasteiger partial charge in [-0.1, -0.05) is 128 Å². The maximum atomic E-state index is 13.5. The first kappa shape index (κ1) is 80.7. The number of anilines is 4. The predicted octanol–water partition coefficient (Wildman–Crippen LogP) is 10.6. The number of esters is 2. The van der Waals surface area contributed by atoms with E-state index in [4.69, 9.17) is 77.2 Å². The van der Waals surface area contributed by atoms with Gasteiger partial charge in [-0.3, -0.25) is 39.1 Å². The van der Waals surface area contributed by atoms with Gasteiger partial charge >= 0.3 is 11.9 Å². The second-order valence-corrected chi connectivity index (χ2v) is 26.9. The number of aryl methyl sites for hydroxylation is 4. The zero-order chi connectivity index (χ0) is 77.4. The molecule has 562 valence electrons. The third-order valence-corrected chi connectivity index (χ3v) is 19.9.